The van der Waals surface area contributed by atoms with Crippen LogP contribution in [-0.4, -0.2) is 34.5 Å². The first-order valence-electron chi connectivity index (χ1n) is 8.04. The van der Waals surface area contributed by atoms with Gasteiger partial charge in [-0.25, -0.2) is 0 Å². The fourth-order valence-corrected chi connectivity index (χ4v) is 3.86. The van der Waals surface area contributed by atoms with Crippen molar-refractivity contribution in [2.45, 2.75) is 51.1 Å². The van der Waals surface area contributed by atoms with Crippen molar-refractivity contribution in [3.8, 4) is 0 Å². The van der Waals surface area contributed by atoms with Gasteiger partial charge in [0.05, 0.1) is 5.02 Å². The van der Waals surface area contributed by atoms with Gasteiger partial charge in [0.25, 0.3) is 5.91 Å². The molecule has 0 radical (unpaired) electrons. The number of nitrogens with zero attached hydrogens (tertiary/aromatic N) is 2. The molecular weight excluding hydrogens is 286 g/mol. The molecule has 1 aromatic heterocycles. The summed E-state index contributed by atoms with van der Waals surface area (Å²) in [5, 5.41) is 0.656. The third kappa shape index (κ3) is 2.84. The van der Waals surface area contributed by atoms with Crippen molar-refractivity contribution >= 4 is 17.5 Å². The zero-order valence-electron chi connectivity index (χ0n) is 12.6. The average Bonchev–Trinajstić information content (AvgIpc) is 3.09. The molecule has 2 atom stereocenters. The van der Waals surface area contributed by atoms with Gasteiger partial charge < -0.3 is 15.2 Å². The van der Waals surface area contributed by atoms with Crippen molar-refractivity contribution in [2.24, 2.45) is 11.7 Å². The Morgan fingerprint density at radius 3 is 2.81 bits per heavy atom. The molecule has 21 heavy (non-hydrogen) atoms. The maximum atomic E-state index is 13.0. The van der Waals surface area contributed by atoms with Crippen molar-refractivity contribution in [3.63, 3.8) is 0 Å². The van der Waals surface area contributed by atoms with E-state index < -0.39 is 0 Å². The fourth-order valence-electron chi connectivity index (χ4n) is 3.65. The lowest BCUT2D eigenvalue weighted by atomic mass is 10.0. The van der Waals surface area contributed by atoms with Gasteiger partial charge in [0.2, 0.25) is 0 Å². The van der Waals surface area contributed by atoms with Gasteiger partial charge in [-0.15, -0.1) is 0 Å². The molecule has 0 saturated heterocycles. The third-order valence-corrected chi connectivity index (χ3v) is 5.10. The van der Waals surface area contributed by atoms with E-state index in [4.69, 9.17) is 17.3 Å². The Kier molecular flexibility index (Phi) is 4.27. The second-order valence-electron chi connectivity index (χ2n) is 6.27. The number of rotatable bonds is 5. The van der Waals surface area contributed by atoms with Crippen LogP contribution in [0, 0.1) is 5.92 Å². The standard InChI is InChI=1S/C16H24ClN3O/c1-2-19(14-5-3-4-11(14)9-18)16(21)15-8-12(17)10-20(15)13-6-7-13/h8,10-11,13-14H,2-7,9,18H2,1H3. The number of amides is 1. The first kappa shape index (κ1) is 14.9. The molecule has 4 nitrogen and oxygen atoms in total. The van der Waals surface area contributed by atoms with E-state index in [1.165, 1.54) is 6.42 Å². The van der Waals surface area contributed by atoms with Gasteiger partial charge in [-0.3, -0.25) is 4.79 Å². The van der Waals surface area contributed by atoms with Crippen LogP contribution in [0.3, 0.4) is 0 Å². The highest BCUT2D eigenvalue weighted by Gasteiger charge is 2.36. The van der Waals surface area contributed by atoms with Crippen LogP contribution in [-0.2, 0) is 0 Å². The summed E-state index contributed by atoms with van der Waals surface area (Å²) >= 11 is 6.13. The van der Waals surface area contributed by atoms with Gasteiger partial charge in [-0.1, -0.05) is 18.0 Å². The van der Waals surface area contributed by atoms with Crippen LogP contribution in [0.2, 0.25) is 5.02 Å². The molecule has 2 unspecified atom stereocenters. The van der Waals surface area contributed by atoms with E-state index in [0.29, 0.717) is 23.5 Å². The summed E-state index contributed by atoms with van der Waals surface area (Å²) in [7, 11) is 0. The molecule has 0 spiro atoms. The minimum absolute atomic E-state index is 0.113. The van der Waals surface area contributed by atoms with E-state index in [0.717, 1.165) is 37.9 Å². The zero-order valence-corrected chi connectivity index (χ0v) is 13.4. The molecule has 0 bridgehead atoms. The van der Waals surface area contributed by atoms with Gasteiger partial charge in [0, 0.05) is 24.8 Å². The molecule has 1 heterocycles. The Labute approximate surface area is 131 Å². The molecule has 2 N–H and O–H groups in total. The van der Waals surface area contributed by atoms with Crippen molar-refractivity contribution in [1.29, 1.82) is 0 Å². The Bertz CT molecular complexity index is 524. The Hall–Kier alpha value is -1.00. The predicted octanol–water partition coefficient (Wildman–Crippen LogP) is 3.07. The van der Waals surface area contributed by atoms with Crippen LogP contribution in [0.4, 0.5) is 0 Å². The lowest BCUT2D eigenvalue weighted by molar-refractivity contribution is 0.0640. The first-order chi connectivity index (χ1) is 10.2. The summed E-state index contributed by atoms with van der Waals surface area (Å²) in [5.74, 6) is 0.551. The number of nitrogens with two attached hydrogens (primary N) is 1. The Balaban J connectivity index is 1.85. The van der Waals surface area contributed by atoms with Crippen molar-refractivity contribution in [3.05, 3.63) is 23.0 Å². The lowest BCUT2D eigenvalue weighted by Crippen LogP contribution is -2.44. The lowest BCUT2D eigenvalue weighted by Gasteiger charge is -2.32. The Morgan fingerprint density at radius 1 is 1.43 bits per heavy atom. The number of carbonyl (C=O) groups is 1. The molecule has 1 amide bonds. The van der Waals surface area contributed by atoms with Gasteiger partial charge in [-0.05, 0) is 51.1 Å². The van der Waals surface area contributed by atoms with Crippen LogP contribution in [0.5, 0.6) is 0 Å². The molecule has 3 rings (SSSR count). The van der Waals surface area contributed by atoms with Crippen LogP contribution >= 0.6 is 11.6 Å². The molecule has 2 aliphatic carbocycles. The molecule has 2 saturated carbocycles. The smallest absolute Gasteiger partial charge is 0.270 e. The van der Waals surface area contributed by atoms with Crippen LogP contribution in [0.25, 0.3) is 0 Å². The molecular formula is C16H24ClN3O. The second kappa shape index (κ2) is 6.01. The average molecular weight is 310 g/mol. The first-order valence-corrected chi connectivity index (χ1v) is 8.42. The van der Waals surface area contributed by atoms with Crippen molar-refractivity contribution < 1.29 is 4.79 Å². The fraction of sp³-hybridized carbons (Fsp3) is 0.688. The normalized spacial score (nSPS) is 25.3. The SMILES string of the molecule is CCN(C(=O)c1cc(Cl)cn1C1CC1)C1CCCC1CN. The van der Waals surface area contributed by atoms with E-state index >= 15 is 0 Å². The highest BCUT2D eigenvalue weighted by atomic mass is 35.5. The van der Waals surface area contributed by atoms with Gasteiger partial charge in [-0.2, -0.15) is 0 Å². The number of aromatic nitrogens is 1. The molecule has 2 aliphatic rings. The minimum atomic E-state index is 0.113. The number of halogens is 1. The van der Waals surface area contributed by atoms with E-state index in [1.807, 2.05) is 17.2 Å². The summed E-state index contributed by atoms with van der Waals surface area (Å²) in [6.45, 7) is 3.45. The molecule has 0 aromatic carbocycles. The minimum Gasteiger partial charge on any atom is -0.339 e. The van der Waals surface area contributed by atoms with Gasteiger partial charge in [0.1, 0.15) is 5.69 Å². The highest BCUT2D eigenvalue weighted by Crippen LogP contribution is 2.38. The third-order valence-electron chi connectivity index (χ3n) is 4.90. The second-order valence-corrected chi connectivity index (χ2v) is 6.70. The maximum absolute atomic E-state index is 13.0. The molecule has 116 valence electrons. The highest BCUT2D eigenvalue weighted by molar-refractivity contribution is 6.31. The van der Waals surface area contributed by atoms with Crippen molar-refractivity contribution in [1.82, 2.24) is 9.47 Å². The quantitative estimate of drug-likeness (QED) is 0.909. The number of hydrogen-bond acceptors (Lipinski definition) is 2. The maximum Gasteiger partial charge on any atom is 0.270 e. The summed E-state index contributed by atoms with van der Waals surface area (Å²) < 4.78 is 2.07. The summed E-state index contributed by atoms with van der Waals surface area (Å²) in [4.78, 5) is 15.0. The molecule has 2 fully saturated rings. The van der Waals surface area contributed by atoms with Crippen LogP contribution in [0.15, 0.2) is 12.3 Å². The summed E-state index contributed by atoms with van der Waals surface area (Å²) in [6.07, 6.45) is 7.56. The number of hydrogen-bond donors (Lipinski definition) is 1. The molecule has 1 aromatic rings. The zero-order chi connectivity index (χ0) is 15.0. The van der Waals surface area contributed by atoms with Crippen molar-refractivity contribution in [2.75, 3.05) is 13.1 Å². The summed E-state index contributed by atoms with van der Waals surface area (Å²) in [5.41, 5.74) is 6.63. The van der Waals surface area contributed by atoms with E-state index in [9.17, 15) is 4.79 Å². The van der Waals surface area contributed by atoms with E-state index in [-0.39, 0.29) is 11.9 Å². The predicted molar refractivity (Wildman–Crippen MR) is 84.6 cm³/mol. The number of carbonyl (C=O) groups excluding carboxylic acids is 1. The van der Waals surface area contributed by atoms with Gasteiger partial charge >= 0.3 is 0 Å². The summed E-state index contributed by atoms with van der Waals surface area (Å²) in [6, 6.07) is 2.56. The largest absolute Gasteiger partial charge is 0.339 e. The molecule has 5 heteroatoms. The van der Waals surface area contributed by atoms with E-state index in [2.05, 4.69) is 11.5 Å². The topological polar surface area (TPSA) is 51.3 Å². The van der Waals surface area contributed by atoms with Crippen LogP contribution in [0.1, 0.15) is 55.6 Å². The molecule has 0 aliphatic heterocycles. The Morgan fingerprint density at radius 2 is 2.19 bits per heavy atom. The van der Waals surface area contributed by atoms with Crippen LogP contribution < -0.4 is 5.73 Å². The monoisotopic (exact) mass is 309 g/mol. The van der Waals surface area contributed by atoms with E-state index in [1.54, 1.807) is 0 Å². The van der Waals surface area contributed by atoms with Gasteiger partial charge in [0.15, 0.2) is 0 Å².